The third-order valence-corrected chi connectivity index (χ3v) is 3.32. The van der Waals surface area contributed by atoms with E-state index in [0.29, 0.717) is 11.3 Å². The van der Waals surface area contributed by atoms with Crippen molar-refractivity contribution in [3.05, 3.63) is 67.8 Å². The van der Waals surface area contributed by atoms with Crippen LogP contribution in [0.3, 0.4) is 0 Å². The van der Waals surface area contributed by atoms with Gasteiger partial charge in [-0.2, -0.15) is 0 Å². The molecule has 0 saturated heterocycles. The van der Waals surface area contributed by atoms with Gasteiger partial charge in [0.15, 0.2) is 11.5 Å². The molecule has 0 aliphatic carbocycles. The molecule has 2 aromatic rings. The van der Waals surface area contributed by atoms with Gasteiger partial charge in [0.05, 0.1) is 28.6 Å². The lowest BCUT2D eigenvalue weighted by Crippen LogP contribution is -2.03. The van der Waals surface area contributed by atoms with E-state index in [1.54, 1.807) is 18.2 Å². The summed E-state index contributed by atoms with van der Waals surface area (Å²) in [5.74, 6) is 0.0760. The number of nitro benzene ring substituents is 2. The number of ether oxygens (including phenoxy) is 2. The lowest BCUT2D eigenvalue weighted by Gasteiger charge is -2.08. The van der Waals surface area contributed by atoms with Crippen LogP contribution in [0.1, 0.15) is 18.1 Å². The van der Waals surface area contributed by atoms with Gasteiger partial charge in [-0.15, -0.1) is 0 Å². The average Bonchev–Trinajstić information content (AvgIpc) is 2.60. The fourth-order valence-corrected chi connectivity index (χ4v) is 2.16. The number of rotatable bonds is 6. The minimum Gasteiger partial charge on any atom is -0.493 e. The number of non-ortho nitro benzene ring substituents is 1. The Balaban J connectivity index is 2.36. The molecule has 0 N–H and O–H groups in total. The number of carbonyl (C=O) groups is 1. The molecule has 0 saturated carbocycles. The van der Waals surface area contributed by atoms with E-state index < -0.39 is 15.8 Å². The Bertz CT molecular complexity index is 906. The van der Waals surface area contributed by atoms with Crippen molar-refractivity contribution < 1.29 is 24.1 Å². The first-order valence-corrected chi connectivity index (χ1v) is 7.29. The van der Waals surface area contributed by atoms with Gasteiger partial charge < -0.3 is 9.47 Å². The fourth-order valence-electron chi connectivity index (χ4n) is 2.16. The SMILES string of the molecule is COc1cc(/C=C/c2ccc([N+](=O)[O-])cc2[N+](=O)[O-])ccc1OC(C)=O. The summed E-state index contributed by atoms with van der Waals surface area (Å²) < 4.78 is 10.1. The molecule has 2 aromatic carbocycles. The van der Waals surface area contributed by atoms with Crippen molar-refractivity contribution in [2.75, 3.05) is 7.11 Å². The molecule has 0 fully saturated rings. The minimum absolute atomic E-state index is 0.212. The van der Waals surface area contributed by atoms with Crippen molar-refractivity contribution in [3.8, 4) is 11.5 Å². The molecule has 0 unspecified atom stereocenters. The molecule has 9 heteroatoms. The predicted octanol–water partition coefficient (Wildman–Crippen LogP) is 3.61. The summed E-state index contributed by atoms with van der Waals surface area (Å²) in [5.41, 5.74) is 0.106. The van der Waals surface area contributed by atoms with Crippen LogP contribution in [0.2, 0.25) is 0 Å². The van der Waals surface area contributed by atoms with Gasteiger partial charge in [-0.05, 0) is 29.8 Å². The van der Waals surface area contributed by atoms with E-state index in [1.165, 1.54) is 38.3 Å². The molecule has 0 heterocycles. The maximum atomic E-state index is 11.1. The van der Waals surface area contributed by atoms with Crippen LogP contribution < -0.4 is 9.47 Å². The first-order chi connectivity index (χ1) is 12.3. The van der Waals surface area contributed by atoms with Crippen molar-refractivity contribution in [3.63, 3.8) is 0 Å². The second-order valence-electron chi connectivity index (χ2n) is 5.09. The van der Waals surface area contributed by atoms with Crippen molar-refractivity contribution in [1.29, 1.82) is 0 Å². The van der Waals surface area contributed by atoms with E-state index in [1.807, 2.05) is 0 Å². The molecular formula is C17H14N2O7. The summed E-state index contributed by atoms with van der Waals surface area (Å²) in [6.45, 7) is 1.26. The summed E-state index contributed by atoms with van der Waals surface area (Å²) >= 11 is 0. The number of esters is 1. The molecule has 0 atom stereocenters. The largest absolute Gasteiger partial charge is 0.493 e. The lowest BCUT2D eigenvalue weighted by atomic mass is 10.1. The van der Waals surface area contributed by atoms with Gasteiger partial charge in [0.1, 0.15) is 0 Å². The second-order valence-corrected chi connectivity index (χ2v) is 5.09. The first kappa shape index (κ1) is 18.6. The Morgan fingerprint density at radius 1 is 1.00 bits per heavy atom. The summed E-state index contributed by atoms with van der Waals surface area (Å²) in [6.07, 6.45) is 3.04. The average molecular weight is 358 g/mol. The van der Waals surface area contributed by atoms with Gasteiger partial charge in [-0.1, -0.05) is 12.1 Å². The highest BCUT2D eigenvalue weighted by Crippen LogP contribution is 2.30. The van der Waals surface area contributed by atoms with Crippen LogP contribution in [-0.4, -0.2) is 22.9 Å². The molecule has 2 rings (SSSR count). The Labute approximate surface area is 147 Å². The molecule has 0 radical (unpaired) electrons. The Kier molecular flexibility index (Phi) is 5.63. The zero-order valence-electron chi connectivity index (χ0n) is 13.9. The Morgan fingerprint density at radius 2 is 1.73 bits per heavy atom. The number of hydrogen-bond donors (Lipinski definition) is 0. The number of nitrogens with zero attached hydrogens (tertiary/aromatic N) is 2. The van der Waals surface area contributed by atoms with Crippen LogP contribution in [0.15, 0.2) is 36.4 Å². The van der Waals surface area contributed by atoms with E-state index in [9.17, 15) is 25.0 Å². The standard InChI is InChI=1S/C17H14N2O7/c1-11(20)26-16-8-4-12(9-17(16)25-2)3-5-13-6-7-14(18(21)22)10-15(13)19(23)24/h3-10H,1-2H3/b5-3+. The number of nitro groups is 2. The van der Waals surface area contributed by atoms with Crippen molar-refractivity contribution >= 4 is 29.5 Å². The molecule has 134 valence electrons. The number of carbonyl (C=O) groups excluding carboxylic acids is 1. The van der Waals surface area contributed by atoms with E-state index in [2.05, 4.69) is 0 Å². The van der Waals surface area contributed by atoms with Crippen LogP contribution in [-0.2, 0) is 4.79 Å². The third-order valence-electron chi connectivity index (χ3n) is 3.32. The molecule has 26 heavy (non-hydrogen) atoms. The van der Waals surface area contributed by atoms with Crippen LogP contribution >= 0.6 is 0 Å². The van der Waals surface area contributed by atoms with Gasteiger partial charge in [0.25, 0.3) is 11.4 Å². The fraction of sp³-hybridized carbons (Fsp3) is 0.118. The summed E-state index contributed by atoms with van der Waals surface area (Å²) in [6, 6.07) is 8.16. The summed E-state index contributed by atoms with van der Waals surface area (Å²) in [5, 5.41) is 21.9. The maximum absolute atomic E-state index is 11.1. The van der Waals surface area contributed by atoms with E-state index in [0.717, 1.165) is 6.07 Å². The molecule has 0 aliphatic rings. The van der Waals surface area contributed by atoms with E-state index in [-0.39, 0.29) is 22.7 Å². The van der Waals surface area contributed by atoms with Crippen molar-refractivity contribution in [2.45, 2.75) is 6.92 Å². The van der Waals surface area contributed by atoms with Gasteiger partial charge in [0, 0.05) is 13.0 Å². The first-order valence-electron chi connectivity index (χ1n) is 7.29. The zero-order chi connectivity index (χ0) is 19.3. The predicted molar refractivity (Wildman–Crippen MR) is 93.0 cm³/mol. The van der Waals surface area contributed by atoms with Crippen LogP contribution in [0, 0.1) is 20.2 Å². The topological polar surface area (TPSA) is 122 Å². The quantitative estimate of drug-likeness (QED) is 0.254. The smallest absolute Gasteiger partial charge is 0.308 e. The van der Waals surface area contributed by atoms with E-state index >= 15 is 0 Å². The number of benzene rings is 2. The number of hydrogen-bond acceptors (Lipinski definition) is 7. The molecule has 0 amide bonds. The highest BCUT2D eigenvalue weighted by Gasteiger charge is 2.17. The maximum Gasteiger partial charge on any atom is 0.308 e. The normalized spacial score (nSPS) is 10.5. The molecule has 9 nitrogen and oxygen atoms in total. The highest BCUT2D eigenvalue weighted by molar-refractivity contribution is 5.76. The van der Waals surface area contributed by atoms with Crippen molar-refractivity contribution in [1.82, 2.24) is 0 Å². The van der Waals surface area contributed by atoms with Gasteiger partial charge >= 0.3 is 5.97 Å². The van der Waals surface area contributed by atoms with Gasteiger partial charge in [-0.3, -0.25) is 25.0 Å². The second kappa shape index (κ2) is 7.88. The molecular weight excluding hydrogens is 344 g/mol. The summed E-state index contributed by atoms with van der Waals surface area (Å²) in [4.78, 5) is 31.6. The molecule has 0 spiro atoms. The molecule has 0 aliphatic heterocycles. The number of methoxy groups -OCH3 is 1. The monoisotopic (exact) mass is 358 g/mol. The highest BCUT2D eigenvalue weighted by atomic mass is 16.6. The Morgan fingerprint density at radius 3 is 2.31 bits per heavy atom. The third kappa shape index (κ3) is 4.41. The molecule has 0 aromatic heterocycles. The minimum atomic E-state index is -0.695. The van der Waals surface area contributed by atoms with Gasteiger partial charge in [-0.25, -0.2) is 0 Å². The Hall–Kier alpha value is -3.75. The van der Waals surface area contributed by atoms with E-state index in [4.69, 9.17) is 9.47 Å². The van der Waals surface area contributed by atoms with Crippen LogP contribution in [0.5, 0.6) is 11.5 Å². The summed E-state index contributed by atoms with van der Waals surface area (Å²) in [7, 11) is 1.41. The van der Waals surface area contributed by atoms with Crippen LogP contribution in [0.25, 0.3) is 12.2 Å². The molecule has 0 bridgehead atoms. The lowest BCUT2D eigenvalue weighted by molar-refractivity contribution is -0.394. The zero-order valence-corrected chi connectivity index (χ0v) is 13.9. The van der Waals surface area contributed by atoms with Crippen LogP contribution in [0.4, 0.5) is 11.4 Å². The van der Waals surface area contributed by atoms with Crippen molar-refractivity contribution in [2.24, 2.45) is 0 Å². The van der Waals surface area contributed by atoms with Gasteiger partial charge in [0.2, 0.25) is 0 Å².